The molecule has 0 spiro atoms. The second kappa shape index (κ2) is 18.0. The van der Waals surface area contributed by atoms with Crippen molar-refractivity contribution in [3.05, 3.63) is 58.1 Å². The molecule has 0 atom stereocenters. The van der Waals surface area contributed by atoms with Crippen LogP contribution in [0.1, 0.15) is 66.5 Å². The number of anilines is 2. The van der Waals surface area contributed by atoms with E-state index in [1.807, 2.05) is 30.3 Å². The maximum absolute atomic E-state index is 9.94. The van der Waals surface area contributed by atoms with Gasteiger partial charge < -0.3 is 17.6 Å². The summed E-state index contributed by atoms with van der Waals surface area (Å²) in [5.74, 6) is 0. The van der Waals surface area contributed by atoms with Crippen LogP contribution in [0.2, 0.25) is 0 Å². The van der Waals surface area contributed by atoms with Crippen molar-refractivity contribution in [2.45, 2.75) is 66.2 Å². The molecule has 10 heteroatoms. The number of rotatable bonds is 1. The number of carbonyl (C=O) groups excluding carboxylic acids is 1. The molecule has 2 aromatic carbocycles. The van der Waals surface area contributed by atoms with Crippen LogP contribution in [-0.4, -0.2) is 17.4 Å². The number of para-hydroxylation sites is 1. The van der Waals surface area contributed by atoms with Crippen molar-refractivity contribution in [2.75, 3.05) is 11.5 Å². The summed E-state index contributed by atoms with van der Waals surface area (Å²) in [6.45, 7) is 15.8. The van der Waals surface area contributed by atoms with Crippen molar-refractivity contribution < 1.29 is 9.82 Å². The minimum atomic E-state index is -0.134. The third-order valence-electron chi connectivity index (χ3n) is 3.82. The van der Waals surface area contributed by atoms with Crippen LogP contribution in [0.5, 0.6) is 0 Å². The van der Waals surface area contributed by atoms with E-state index in [-0.39, 0.29) is 22.1 Å². The van der Waals surface area contributed by atoms with Crippen LogP contribution >= 0.6 is 27.9 Å². The van der Waals surface area contributed by atoms with Crippen LogP contribution in [0, 0.1) is 11.3 Å². The molecule has 0 fully saturated rings. The molecular formula is C24H39BBrN5O2S. The van der Waals surface area contributed by atoms with Gasteiger partial charge in [0.1, 0.15) is 0 Å². The van der Waals surface area contributed by atoms with Crippen LogP contribution in [0.4, 0.5) is 11.4 Å². The number of nitrogen functional groups attached to an aromatic ring is 2. The van der Waals surface area contributed by atoms with Crippen molar-refractivity contribution in [3.8, 4) is 6.07 Å². The molecule has 2 rings (SSSR count). The Balaban J connectivity index is -0.000000406. The second-order valence-electron chi connectivity index (χ2n) is 8.85. The van der Waals surface area contributed by atoms with Gasteiger partial charge in [-0.15, -0.1) is 0 Å². The zero-order chi connectivity index (χ0) is 26.2. The number of benzene rings is 2. The first-order valence-corrected chi connectivity index (χ1v) is 11.7. The molecule has 8 N–H and O–H groups in total. The number of nitrogens with zero attached hydrogens (tertiary/aromatic N) is 2. The SMILES string of the molecule is CC#N.CC(=O)SN=BO.CC(C)(C)c1cc(Br)ccc1N.CC(C)(C)c1ccccc1N.N. The Morgan fingerprint density at radius 1 is 1.03 bits per heavy atom. The minimum Gasteiger partial charge on any atom is -0.398 e. The Hall–Kier alpha value is -2.35. The summed E-state index contributed by atoms with van der Waals surface area (Å²) < 4.78 is 4.25. The van der Waals surface area contributed by atoms with Crippen LogP contribution in [0.3, 0.4) is 0 Å². The fourth-order valence-electron chi connectivity index (χ4n) is 2.46. The predicted octanol–water partition coefficient (Wildman–Crippen LogP) is 6.56. The number of carbonyl (C=O) groups is 1. The van der Waals surface area contributed by atoms with Gasteiger partial charge in [-0.05, 0) is 46.2 Å². The van der Waals surface area contributed by atoms with Gasteiger partial charge in [-0.2, -0.15) is 5.26 Å². The normalized spacial score (nSPS) is 9.88. The van der Waals surface area contributed by atoms with Crippen molar-refractivity contribution in [3.63, 3.8) is 0 Å². The monoisotopic (exact) mass is 551 g/mol. The van der Waals surface area contributed by atoms with Gasteiger partial charge in [0, 0.05) is 22.8 Å². The number of hydrogen-bond acceptors (Lipinski definition) is 7. The van der Waals surface area contributed by atoms with Crippen LogP contribution in [0.15, 0.2) is 51.2 Å². The number of halogens is 1. The van der Waals surface area contributed by atoms with Gasteiger partial charge in [-0.3, -0.25) is 0 Å². The molecule has 0 aliphatic rings. The molecule has 0 unspecified atom stereocenters. The molecule has 34 heavy (non-hydrogen) atoms. The topological polar surface area (TPSA) is 160 Å². The van der Waals surface area contributed by atoms with E-state index >= 15 is 0 Å². The molecule has 0 radical (unpaired) electrons. The fourth-order valence-corrected chi connectivity index (χ4v) is 3.01. The molecule has 0 saturated heterocycles. The average Bonchev–Trinajstić information content (AvgIpc) is 2.68. The van der Waals surface area contributed by atoms with Crippen molar-refractivity contribution in [1.82, 2.24) is 6.15 Å². The Morgan fingerprint density at radius 2 is 1.47 bits per heavy atom. The average molecular weight is 552 g/mol. The molecule has 0 aromatic heterocycles. The molecule has 7 nitrogen and oxygen atoms in total. The summed E-state index contributed by atoms with van der Waals surface area (Å²) in [5.41, 5.74) is 16.1. The van der Waals surface area contributed by atoms with E-state index in [9.17, 15) is 4.79 Å². The van der Waals surface area contributed by atoms with E-state index < -0.39 is 0 Å². The molecule has 2 aromatic rings. The fraction of sp³-hybridized carbons (Fsp3) is 0.417. The standard InChI is InChI=1S/C10H14BrN.C10H15N.C2H4BNO2S.C2H3N.H3N/c1-10(2,3)8-6-7(11)4-5-9(8)12;1-10(2,3)8-6-4-5-7-9(8)11;1-2(5)7-4-3-6;1-2-3;/h4-6H,12H2,1-3H3;4-7H,11H2,1-3H3;6H,1H3;1H3;1H3. The number of nitriles is 1. The van der Waals surface area contributed by atoms with Crippen molar-refractivity contribution in [1.29, 1.82) is 5.26 Å². The van der Waals surface area contributed by atoms with Crippen LogP contribution in [-0.2, 0) is 15.6 Å². The molecule has 0 heterocycles. The quantitative estimate of drug-likeness (QED) is 0.177. The van der Waals surface area contributed by atoms with E-state index in [0.717, 1.165) is 15.8 Å². The van der Waals surface area contributed by atoms with Gasteiger partial charge >= 0.3 is 45.4 Å². The summed E-state index contributed by atoms with van der Waals surface area (Å²) in [5, 5.41) is 15.0. The summed E-state index contributed by atoms with van der Waals surface area (Å²) in [6, 6.07) is 15.7. The zero-order valence-electron chi connectivity index (χ0n) is 21.5. The molecule has 0 aliphatic heterocycles. The first-order valence-electron chi connectivity index (χ1n) is 10.2. The third kappa shape index (κ3) is 17.2. The number of nitrogens with two attached hydrogens (primary N) is 2. The Bertz CT molecular complexity index is 936. The van der Waals surface area contributed by atoms with E-state index in [0.29, 0.717) is 19.2 Å². The first-order chi connectivity index (χ1) is 15.1. The van der Waals surface area contributed by atoms with E-state index in [1.165, 1.54) is 25.0 Å². The van der Waals surface area contributed by atoms with Crippen LogP contribution in [0.25, 0.3) is 0 Å². The minimum absolute atomic E-state index is 0. The van der Waals surface area contributed by atoms with Gasteiger partial charge in [0.15, 0.2) is 0 Å². The van der Waals surface area contributed by atoms with Gasteiger partial charge in [-0.1, -0.05) is 75.7 Å². The number of hydrogen-bond donors (Lipinski definition) is 4. The molecule has 0 bridgehead atoms. The van der Waals surface area contributed by atoms with E-state index in [4.69, 9.17) is 21.8 Å². The van der Waals surface area contributed by atoms with E-state index in [2.05, 4.69) is 73.9 Å². The van der Waals surface area contributed by atoms with Crippen LogP contribution < -0.4 is 17.6 Å². The maximum Gasteiger partial charge on any atom is 0.0352 e. The Labute approximate surface area is 218 Å². The van der Waals surface area contributed by atoms with E-state index in [1.54, 1.807) is 6.07 Å². The van der Waals surface area contributed by atoms with Crippen molar-refractivity contribution in [2.24, 2.45) is 4.30 Å². The zero-order valence-corrected chi connectivity index (χ0v) is 23.9. The third-order valence-corrected chi connectivity index (χ3v) is 4.77. The van der Waals surface area contributed by atoms with Gasteiger partial charge in [0.05, 0.1) is 6.07 Å². The van der Waals surface area contributed by atoms with Gasteiger partial charge in [-0.25, -0.2) is 0 Å². The summed E-state index contributed by atoms with van der Waals surface area (Å²) in [6.07, 6.45) is 0. The molecule has 188 valence electrons. The first kappa shape index (κ1) is 36.2. The predicted molar refractivity (Wildman–Crippen MR) is 152 cm³/mol. The van der Waals surface area contributed by atoms with Gasteiger partial charge in [0.2, 0.25) is 0 Å². The van der Waals surface area contributed by atoms with Crippen molar-refractivity contribution >= 4 is 51.6 Å². The van der Waals surface area contributed by atoms with Gasteiger partial charge in [0.25, 0.3) is 0 Å². The maximum atomic E-state index is 9.94. The smallest absolute Gasteiger partial charge is 0.0352 e. The molecular weight excluding hydrogens is 513 g/mol. The molecule has 0 amide bonds. The Morgan fingerprint density at radius 3 is 1.76 bits per heavy atom. The summed E-state index contributed by atoms with van der Waals surface area (Å²) in [4.78, 5) is 9.94. The summed E-state index contributed by atoms with van der Waals surface area (Å²) >= 11 is 4.14. The second-order valence-corrected chi connectivity index (χ2v) is 10.7. The Kier molecular flexibility index (Phi) is 19.2. The molecule has 0 aliphatic carbocycles. The summed E-state index contributed by atoms with van der Waals surface area (Å²) in [7, 11) is 0.589. The molecule has 0 saturated carbocycles. The largest absolute Gasteiger partial charge is 0.398 e.